The Bertz CT molecular complexity index is 661. The summed E-state index contributed by atoms with van der Waals surface area (Å²) in [6.07, 6.45) is 2.42. The Morgan fingerprint density at radius 1 is 1.17 bits per heavy atom. The Labute approximate surface area is 136 Å². The first-order chi connectivity index (χ1) is 11.0. The molecule has 0 bridgehead atoms. The largest absolute Gasteiger partial charge is 0.368 e. The van der Waals surface area contributed by atoms with Gasteiger partial charge in [0.15, 0.2) is 0 Å². The van der Waals surface area contributed by atoms with Crippen LogP contribution in [0.15, 0.2) is 6.07 Å². The highest BCUT2D eigenvalue weighted by molar-refractivity contribution is 5.73. The van der Waals surface area contributed by atoms with Crippen molar-refractivity contribution < 1.29 is 4.39 Å². The molecule has 2 aliphatic heterocycles. The number of hydrogen-bond donors (Lipinski definition) is 2. The number of hydrazine groups is 1. The minimum atomic E-state index is -0.109. The van der Waals surface area contributed by atoms with Crippen molar-refractivity contribution in [1.82, 2.24) is 5.01 Å². The zero-order valence-electron chi connectivity index (χ0n) is 13.5. The van der Waals surface area contributed by atoms with Gasteiger partial charge in [0.1, 0.15) is 5.82 Å². The van der Waals surface area contributed by atoms with Gasteiger partial charge in [-0.2, -0.15) is 0 Å². The van der Waals surface area contributed by atoms with Crippen LogP contribution >= 0.6 is 0 Å². The lowest BCUT2D eigenvalue weighted by molar-refractivity contribution is 0.258. The summed E-state index contributed by atoms with van der Waals surface area (Å²) in [5.41, 5.74) is 10.1. The normalized spacial score (nSPS) is 33.0. The molecule has 3 fully saturated rings. The molecule has 1 aromatic carbocycles. The van der Waals surface area contributed by atoms with Crippen LogP contribution < -0.4 is 21.4 Å². The van der Waals surface area contributed by atoms with Crippen LogP contribution in [0.4, 0.5) is 15.8 Å². The summed E-state index contributed by atoms with van der Waals surface area (Å²) in [6, 6.07) is 2.61. The molecule has 5 nitrogen and oxygen atoms in total. The zero-order chi connectivity index (χ0) is 15.9. The molecule has 5 rings (SSSR count). The Hall–Kier alpha value is -1.37. The van der Waals surface area contributed by atoms with Crippen molar-refractivity contribution in [3.63, 3.8) is 0 Å². The number of anilines is 2. The molecule has 0 radical (unpaired) electrons. The fourth-order valence-electron chi connectivity index (χ4n) is 4.70. The molecule has 2 unspecified atom stereocenters. The third-order valence-electron chi connectivity index (χ3n) is 6.10. The van der Waals surface area contributed by atoms with E-state index in [9.17, 15) is 4.39 Å². The molecule has 2 saturated carbocycles. The van der Waals surface area contributed by atoms with Crippen LogP contribution in [0, 0.1) is 24.6 Å². The van der Waals surface area contributed by atoms with Gasteiger partial charge in [-0.15, -0.1) is 0 Å². The highest BCUT2D eigenvalue weighted by Crippen LogP contribution is 2.49. The Morgan fingerprint density at radius 3 is 2.52 bits per heavy atom. The van der Waals surface area contributed by atoms with Gasteiger partial charge in [0.05, 0.1) is 12.4 Å². The number of benzene rings is 1. The summed E-state index contributed by atoms with van der Waals surface area (Å²) in [5.74, 6) is 7.06. The third-order valence-corrected chi connectivity index (χ3v) is 6.10. The number of nitrogens with two attached hydrogens (primary N) is 2. The molecule has 1 saturated heterocycles. The first kappa shape index (κ1) is 14.0. The summed E-state index contributed by atoms with van der Waals surface area (Å²) in [5, 5.41) is 1.78. The third kappa shape index (κ3) is 2.01. The average molecular weight is 317 g/mol. The van der Waals surface area contributed by atoms with Gasteiger partial charge < -0.3 is 15.5 Å². The first-order valence-corrected chi connectivity index (χ1v) is 8.63. The van der Waals surface area contributed by atoms with Gasteiger partial charge in [-0.1, -0.05) is 0 Å². The van der Waals surface area contributed by atoms with E-state index in [1.807, 2.05) is 0 Å². The molecule has 2 aliphatic carbocycles. The van der Waals surface area contributed by atoms with Gasteiger partial charge in [-0.3, -0.25) is 5.84 Å². The fourth-order valence-corrected chi connectivity index (χ4v) is 4.70. The molecule has 0 aromatic heterocycles. The average Bonchev–Trinajstić information content (AvgIpc) is 3.38. The molecule has 0 amide bonds. The van der Waals surface area contributed by atoms with E-state index < -0.39 is 0 Å². The Kier molecular flexibility index (Phi) is 2.79. The summed E-state index contributed by atoms with van der Waals surface area (Å²) < 4.78 is 14.8. The van der Waals surface area contributed by atoms with E-state index in [1.54, 1.807) is 11.1 Å². The molecular weight excluding hydrogens is 293 g/mol. The van der Waals surface area contributed by atoms with Crippen molar-refractivity contribution in [1.29, 1.82) is 0 Å². The zero-order valence-corrected chi connectivity index (χ0v) is 13.5. The predicted molar refractivity (Wildman–Crippen MR) is 88.4 cm³/mol. The summed E-state index contributed by atoms with van der Waals surface area (Å²) in [7, 11) is 0. The van der Waals surface area contributed by atoms with Crippen LogP contribution in [0.5, 0.6) is 0 Å². The monoisotopic (exact) mass is 317 g/mol. The highest BCUT2D eigenvalue weighted by atomic mass is 19.1. The number of nitrogens with zero attached hydrogens (tertiary/aromatic N) is 3. The molecule has 6 heteroatoms. The van der Waals surface area contributed by atoms with Crippen molar-refractivity contribution in [2.75, 3.05) is 29.6 Å². The SMILES string of the molecule is Cc1c(N2CC3C(N)C3C2)c(F)cc2c1N(C1CC1)CN(N)C2. The van der Waals surface area contributed by atoms with E-state index in [-0.39, 0.29) is 5.82 Å². The topological polar surface area (TPSA) is 61.8 Å². The van der Waals surface area contributed by atoms with Crippen molar-refractivity contribution in [2.45, 2.75) is 38.4 Å². The lowest BCUT2D eigenvalue weighted by Gasteiger charge is -2.39. The number of piperidine rings is 1. The van der Waals surface area contributed by atoms with Crippen molar-refractivity contribution in [2.24, 2.45) is 23.4 Å². The summed E-state index contributed by atoms with van der Waals surface area (Å²) in [6.45, 7) is 5.22. The van der Waals surface area contributed by atoms with Gasteiger partial charge >= 0.3 is 0 Å². The second-order valence-corrected chi connectivity index (χ2v) is 7.74. The van der Waals surface area contributed by atoms with Crippen LogP contribution in [0.1, 0.15) is 24.0 Å². The van der Waals surface area contributed by atoms with Crippen LogP contribution in [0.2, 0.25) is 0 Å². The van der Waals surface area contributed by atoms with Crippen molar-refractivity contribution in [3.8, 4) is 0 Å². The molecule has 2 atom stereocenters. The number of hydrogen-bond acceptors (Lipinski definition) is 5. The van der Waals surface area contributed by atoms with E-state index in [0.29, 0.717) is 30.5 Å². The lowest BCUT2D eigenvalue weighted by Crippen LogP contribution is -2.47. The number of rotatable bonds is 2. The fraction of sp³-hybridized carbons (Fsp3) is 0.647. The van der Waals surface area contributed by atoms with E-state index in [4.69, 9.17) is 11.6 Å². The molecule has 124 valence electrons. The van der Waals surface area contributed by atoms with Crippen LogP contribution in [-0.4, -0.2) is 36.9 Å². The molecule has 23 heavy (non-hydrogen) atoms. The molecule has 2 heterocycles. The molecule has 1 aromatic rings. The second kappa shape index (κ2) is 4.59. The van der Waals surface area contributed by atoms with Gasteiger partial charge in [-0.25, -0.2) is 9.40 Å². The van der Waals surface area contributed by atoms with E-state index in [1.165, 1.54) is 18.5 Å². The van der Waals surface area contributed by atoms with Crippen LogP contribution in [0.25, 0.3) is 0 Å². The minimum absolute atomic E-state index is 0.109. The maximum Gasteiger partial charge on any atom is 0.147 e. The van der Waals surface area contributed by atoms with Crippen LogP contribution in [0.3, 0.4) is 0 Å². The van der Waals surface area contributed by atoms with E-state index in [0.717, 1.165) is 36.6 Å². The molecule has 4 aliphatic rings. The molecule has 0 spiro atoms. The smallest absolute Gasteiger partial charge is 0.147 e. The summed E-state index contributed by atoms with van der Waals surface area (Å²) in [4.78, 5) is 4.59. The highest BCUT2D eigenvalue weighted by Gasteiger charge is 2.54. The van der Waals surface area contributed by atoms with Gasteiger partial charge in [0, 0.05) is 37.4 Å². The molecular formula is C17H24FN5. The first-order valence-electron chi connectivity index (χ1n) is 8.63. The van der Waals surface area contributed by atoms with Gasteiger partial charge in [0.2, 0.25) is 0 Å². The number of fused-ring (bicyclic) bond motifs is 2. The standard InChI is InChI=1S/C17H24FN5/c1-9-16-10(5-22(20)8-23(16)11-2-3-11)4-14(18)17(9)21-6-12-13(7-21)15(12)19/h4,11-13,15H,2-3,5-8,19-20H2,1H3. The number of halogens is 1. The Morgan fingerprint density at radius 2 is 1.87 bits per heavy atom. The van der Waals surface area contributed by atoms with E-state index in [2.05, 4.69) is 16.7 Å². The maximum absolute atomic E-state index is 14.8. The van der Waals surface area contributed by atoms with Crippen molar-refractivity contribution in [3.05, 3.63) is 23.0 Å². The Balaban J connectivity index is 1.56. The molecule has 4 N–H and O–H groups in total. The minimum Gasteiger partial charge on any atom is -0.368 e. The van der Waals surface area contributed by atoms with E-state index >= 15 is 0 Å². The van der Waals surface area contributed by atoms with Gasteiger partial charge in [0.25, 0.3) is 0 Å². The quantitative estimate of drug-likeness (QED) is 0.801. The summed E-state index contributed by atoms with van der Waals surface area (Å²) >= 11 is 0. The van der Waals surface area contributed by atoms with Crippen LogP contribution in [-0.2, 0) is 6.54 Å². The maximum atomic E-state index is 14.8. The lowest BCUT2D eigenvalue weighted by atomic mass is 10.0. The second-order valence-electron chi connectivity index (χ2n) is 7.74. The predicted octanol–water partition coefficient (Wildman–Crippen LogP) is 1.14. The van der Waals surface area contributed by atoms with Gasteiger partial charge in [-0.05, 0) is 48.8 Å². The van der Waals surface area contributed by atoms with Crippen molar-refractivity contribution >= 4 is 11.4 Å².